The first kappa shape index (κ1) is 26.3. The number of thioether (sulfide) groups is 1. The van der Waals surface area contributed by atoms with E-state index in [1.54, 1.807) is 17.0 Å². The van der Waals surface area contributed by atoms with Crippen molar-refractivity contribution in [1.82, 2.24) is 4.90 Å². The summed E-state index contributed by atoms with van der Waals surface area (Å²) < 4.78 is 25.3. The number of halogens is 1. The molecule has 0 unspecified atom stereocenters. The van der Waals surface area contributed by atoms with E-state index in [4.69, 9.17) is 14.5 Å². The number of carbonyl (C=O) groups is 1. The third-order valence-corrected chi connectivity index (χ3v) is 6.91. The van der Waals surface area contributed by atoms with Crippen LogP contribution in [0.4, 0.5) is 10.1 Å². The highest BCUT2D eigenvalue weighted by Gasteiger charge is 2.33. The molecule has 1 saturated heterocycles. The third-order valence-electron chi connectivity index (χ3n) is 5.90. The average molecular weight is 539 g/mol. The molecule has 0 saturated carbocycles. The maximum Gasteiger partial charge on any atom is 0.267 e. The molecule has 1 aliphatic heterocycles. The van der Waals surface area contributed by atoms with E-state index >= 15 is 0 Å². The van der Waals surface area contributed by atoms with Gasteiger partial charge in [-0.05, 0) is 77.9 Å². The number of amides is 1. The van der Waals surface area contributed by atoms with E-state index in [1.807, 2.05) is 91.9 Å². The lowest BCUT2D eigenvalue weighted by atomic mass is 10.1. The van der Waals surface area contributed by atoms with E-state index in [0.717, 1.165) is 22.4 Å². The summed E-state index contributed by atoms with van der Waals surface area (Å²) in [6, 6.07) is 31.3. The molecular formula is C32H27FN2O3S. The van der Waals surface area contributed by atoms with E-state index in [2.05, 4.69) is 0 Å². The quantitative estimate of drug-likeness (QED) is 0.206. The number of aliphatic imine (C=N–C) groups is 1. The standard InChI is InChI=1S/C32H27FN2O3S/c1-2-37-29-19-24(16-17-28(29)38-22-25-12-9-13-26(33)18-25)20-30-31(36)35(21-23-10-5-3-6-11-23)32(39-30)34-27-14-7-4-8-15-27/h3-20H,2,21-22H2,1H3/b30-20+,34-32?. The molecule has 0 aromatic heterocycles. The number of benzene rings is 4. The molecule has 1 aliphatic rings. The van der Waals surface area contributed by atoms with Crippen molar-refractivity contribution < 1.29 is 18.7 Å². The minimum absolute atomic E-state index is 0.108. The molecule has 39 heavy (non-hydrogen) atoms. The molecule has 1 amide bonds. The second-order valence-corrected chi connectivity index (χ2v) is 9.78. The number of carbonyl (C=O) groups excluding carboxylic acids is 1. The first-order valence-corrected chi connectivity index (χ1v) is 13.4. The molecule has 5 nitrogen and oxygen atoms in total. The molecule has 1 fully saturated rings. The van der Waals surface area contributed by atoms with Crippen LogP contribution in [0.1, 0.15) is 23.6 Å². The number of ether oxygens (including phenoxy) is 2. The number of amidine groups is 1. The fraction of sp³-hybridized carbons (Fsp3) is 0.125. The van der Waals surface area contributed by atoms with Crippen molar-refractivity contribution in [3.8, 4) is 11.5 Å². The van der Waals surface area contributed by atoms with Crippen LogP contribution in [0.15, 0.2) is 113 Å². The number of hydrogen-bond acceptors (Lipinski definition) is 5. The molecule has 196 valence electrons. The predicted molar refractivity (Wildman–Crippen MR) is 154 cm³/mol. The molecule has 5 rings (SSSR count). The Morgan fingerprint density at radius 2 is 1.59 bits per heavy atom. The van der Waals surface area contributed by atoms with Gasteiger partial charge in [0.1, 0.15) is 12.4 Å². The van der Waals surface area contributed by atoms with E-state index in [9.17, 15) is 9.18 Å². The van der Waals surface area contributed by atoms with Gasteiger partial charge in [0, 0.05) is 0 Å². The Bertz CT molecular complexity index is 1510. The maximum atomic E-state index is 13.5. The van der Waals surface area contributed by atoms with Gasteiger partial charge in [0.25, 0.3) is 5.91 Å². The minimum Gasteiger partial charge on any atom is -0.490 e. The second-order valence-electron chi connectivity index (χ2n) is 8.78. The maximum absolute atomic E-state index is 13.5. The van der Waals surface area contributed by atoms with Gasteiger partial charge in [-0.15, -0.1) is 0 Å². The highest BCUT2D eigenvalue weighted by Crippen LogP contribution is 2.37. The molecule has 0 aliphatic carbocycles. The lowest BCUT2D eigenvalue weighted by Gasteiger charge is -2.15. The Morgan fingerprint density at radius 1 is 0.846 bits per heavy atom. The summed E-state index contributed by atoms with van der Waals surface area (Å²) >= 11 is 1.35. The third kappa shape index (κ3) is 6.75. The van der Waals surface area contributed by atoms with Crippen molar-refractivity contribution in [2.75, 3.05) is 6.61 Å². The van der Waals surface area contributed by atoms with Crippen molar-refractivity contribution in [2.45, 2.75) is 20.1 Å². The zero-order valence-corrected chi connectivity index (χ0v) is 22.2. The molecule has 7 heteroatoms. The second kappa shape index (κ2) is 12.5. The summed E-state index contributed by atoms with van der Waals surface area (Å²) in [5.74, 6) is 0.685. The summed E-state index contributed by atoms with van der Waals surface area (Å²) in [5, 5.41) is 0.626. The first-order chi connectivity index (χ1) is 19.1. The molecule has 4 aromatic rings. The number of para-hydroxylation sites is 1. The molecular weight excluding hydrogens is 511 g/mol. The predicted octanol–water partition coefficient (Wildman–Crippen LogP) is 7.61. The summed E-state index contributed by atoms with van der Waals surface area (Å²) in [5.41, 5.74) is 3.32. The zero-order valence-electron chi connectivity index (χ0n) is 21.4. The van der Waals surface area contributed by atoms with Gasteiger partial charge >= 0.3 is 0 Å². The molecule has 4 aromatic carbocycles. The van der Waals surface area contributed by atoms with Gasteiger partial charge in [-0.25, -0.2) is 9.38 Å². The van der Waals surface area contributed by atoms with Crippen molar-refractivity contribution >= 4 is 34.6 Å². The van der Waals surface area contributed by atoms with Gasteiger partial charge < -0.3 is 9.47 Å². The highest BCUT2D eigenvalue weighted by molar-refractivity contribution is 8.18. The Kier molecular flexibility index (Phi) is 8.39. The average Bonchev–Trinajstić information content (AvgIpc) is 3.23. The summed E-state index contributed by atoms with van der Waals surface area (Å²) in [6.45, 7) is 2.97. The van der Waals surface area contributed by atoms with Crippen LogP contribution in [0, 0.1) is 5.82 Å². The van der Waals surface area contributed by atoms with Gasteiger partial charge in [0.2, 0.25) is 0 Å². The molecule has 0 N–H and O–H groups in total. The molecule has 0 bridgehead atoms. The van der Waals surface area contributed by atoms with Crippen LogP contribution in [-0.2, 0) is 17.9 Å². The van der Waals surface area contributed by atoms with Crippen LogP contribution < -0.4 is 9.47 Å². The van der Waals surface area contributed by atoms with Crippen LogP contribution in [0.3, 0.4) is 0 Å². The Balaban J connectivity index is 1.41. The SMILES string of the molecule is CCOc1cc(/C=C2/SC(=Nc3ccccc3)N(Cc3ccccc3)C2=O)ccc1OCc1cccc(F)c1. The van der Waals surface area contributed by atoms with Crippen LogP contribution >= 0.6 is 11.8 Å². The van der Waals surface area contributed by atoms with Crippen molar-refractivity contribution in [3.05, 3.63) is 131 Å². The highest BCUT2D eigenvalue weighted by atomic mass is 32.2. The van der Waals surface area contributed by atoms with Crippen LogP contribution in [0.25, 0.3) is 6.08 Å². The van der Waals surface area contributed by atoms with Crippen LogP contribution in [-0.4, -0.2) is 22.6 Å². The Morgan fingerprint density at radius 3 is 2.33 bits per heavy atom. The Labute approximate surface area is 231 Å². The van der Waals surface area contributed by atoms with Crippen LogP contribution in [0.5, 0.6) is 11.5 Å². The first-order valence-electron chi connectivity index (χ1n) is 12.6. The Hall–Kier alpha value is -4.36. The van der Waals surface area contributed by atoms with E-state index in [0.29, 0.717) is 34.7 Å². The van der Waals surface area contributed by atoms with Gasteiger partial charge in [-0.3, -0.25) is 9.69 Å². The summed E-state index contributed by atoms with van der Waals surface area (Å²) in [7, 11) is 0. The summed E-state index contributed by atoms with van der Waals surface area (Å²) in [4.78, 5) is 20.6. The molecule has 0 spiro atoms. The lowest BCUT2D eigenvalue weighted by molar-refractivity contribution is -0.122. The van der Waals surface area contributed by atoms with E-state index in [1.165, 1.54) is 23.9 Å². The van der Waals surface area contributed by atoms with Gasteiger partial charge in [0.05, 0.1) is 23.7 Å². The summed E-state index contributed by atoms with van der Waals surface area (Å²) in [6.07, 6.45) is 1.84. The fourth-order valence-corrected chi connectivity index (χ4v) is 5.05. The largest absolute Gasteiger partial charge is 0.490 e. The van der Waals surface area contributed by atoms with E-state index in [-0.39, 0.29) is 18.3 Å². The van der Waals surface area contributed by atoms with Crippen LogP contribution in [0.2, 0.25) is 0 Å². The van der Waals surface area contributed by atoms with E-state index < -0.39 is 0 Å². The number of hydrogen-bond donors (Lipinski definition) is 0. The monoisotopic (exact) mass is 538 g/mol. The van der Waals surface area contributed by atoms with Gasteiger partial charge in [-0.1, -0.05) is 66.7 Å². The van der Waals surface area contributed by atoms with Gasteiger partial charge in [-0.2, -0.15) is 0 Å². The molecule has 0 radical (unpaired) electrons. The fourth-order valence-electron chi connectivity index (χ4n) is 4.05. The molecule has 1 heterocycles. The molecule has 0 atom stereocenters. The van der Waals surface area contributed by atoms with Crippen molar-refractivity contribution in [1.29, 1.82) is 0 Å². The number of nitrogens with zero attached hydrogens (tertiary/aromatic N) is 2. The van der Waals surface area contributed by atoms with Crippen molar-refractivity contribution in [2.24, 2.45) is 4.99 Å². The zero-order chi connectivity index (χ0) is 27.0. The normalized spacial score (nSPS) is 15.2. The number of rotatable bonds is 9. The topological polar surface area (TPSA) is 51.1 Å². The minimum atomic E-state index is -0.307. The smallest absolute Gasteiger partial charge is 0.267 e. The van der Waals surface area contributed by atoms with Crippen molar-refractivity contribution in [3.63, 3.8) is 0 Å². The van der Waals surface area contributed by atoms with Gasteiger partial charge in [0.15, 0.2) is 16.7 Å². The lowest BCUT2D eigenvalue weighted by Crippen LogP contribution is -2.28.